The molecule has 0 saturated carbocycles. The van der Waals surface area contributed by atoms with Gasteiger partial charge in [-0.15, -0.1) is 5.10 Å². The van der Waals surface area contributed by atoms with Gasteiger partial charge in [0.05, 0.1) is 5.56 Å². The molecule has 3 aromatic rings. The van der Waals surface area contributed by atoms with Crippen molar-refractivity contribution in [1.82, 2.24) is 14.6 Å². The minimum absolute atomic E-state index is 0.0475. The fourth-order valence-electron chi connectivity index (χ4n) is 2.84. The predicted octanol–water partition coefficient (Wildman–Crippen LogP) is 2.05. The molecule has 27 heavy (non-hydrogen) atoms. The Labute approximate surface area is 152 Å². The molecular formula is C18H12FN5O3. The quantitative estimate of drug-likeness (QED) is 0.712. The van der Waals surface area contributed by atoms with Gasteiger partial charge in [0.15, 0.2) is 11.8 Å². The number of nitriles is 1. The van der Waals surface area contributed by atoms with Crippen molar-refractivity contribution in [3.63, 3.8) is 0 Å². The Balaban J connectivity index is 1.62. The van der Waals surface area contributed by atoms with Gasteiger partial charge in [-0.3, -0.25) is 14.9 Å². The average molecular weight is 365 g/mol. The van der Waals surface area contributed by atoms with Crippen molar-refractivity contribution >= 4 is 23.5 Å². The van der Waals surface area contributed by atoms with Crippen molar-refractivity contribution in [2.45, 2.75) is 18.9 Å². The van der Waals surface area contributed by atoms with E-state index in [9.17, 15) is 14.0 Å². The highest BCUT2D eigenvalue weighted by atomic mass is 19.1. The van der Waals surface area contributed by atoms with Gasteiger partial charge in [0.1, 0.15) is 11.9 Å². The minimum atomic E-state index is -0.845. The first kappa shape index (κ1) is 16.7. The molecule has 1 aliphatic heterocycles. The van der Waals surface area contributed by atoms with Crippen LogP contribution in [0.15, 0.2) is 36.5 Å². The number of nitrogens with zero attached hydrogens (tertiary/aromatic N) is 4. The minimum Gasteiger partial charge on any atom is -0.452 e. The Morgan fingerprint density at radius 2 is 2.22 bits per heavy atom. The second-order valence-electron chi connectivity index (χ2n) is 5.94. The van der Waals surface area contributed by atoms with E-state index in [1.165, 1.54) is 10.6 Å². The highest BCUT2D eigenvalue weighted by Crippen LogP contribution is 2.25. The summed E-state index contributed by atoms with van der Waals surface area (Å²) in [6.45, 7) is 0. The van der Waals surface area contributed by atoms with Crippen LogP contribution in [0.1, 0.15) is 18.4 Å². The summed E-state index contributed by atoms with van der Waals surface area (Å²) < 4.78 is 20.7. The van der Waals surface area contributed by atoms with Crippen molar-refractivity contribution < 1.29 is 18.7 Å². The van der Waals surface area contributed by atoms with E-state index in [1.807, 2.05) is 0 Å². The molecule has 1 amide bonds. The number of pyridine rings is 1. The van der Waals surface area contributed by atoms with Gasteiger partial charge in [-0.25, -0.2) is 8.91 Å². The molecule has 1 N–H and O–H groups in total. The largest absolute Gasteiger partial charge is 0.452 e. The zero-order chi connectivity index (χ0) is 19.0. The summed E-state index contributed by atoms with van der Waals surface area (Å²) in [7, 11) is 0. The highest BCUT2D eigenvalue weighted by Gasteiger charge is 2.30. The van der Waals surface area contributed by atoms with Crippen molar-refractivity contribution in [3.05, 3.63) is 47.9 Å². The molecule has 1 atom stereocenters. The Bertz CT molecular complexity index is 1120. The van der Waals surface area contributed by atoms with Crippen LogP contribution in [0, 0.1) is 17.1 Å². The molecule has 1 aliphatic rings. The van der Waals surface area contributed by atoms with Gasteiger partial charge >= 0.3 is 5.97 Å². The first-order valence-corrected chi connectivity index (χ1v) is 8.11. The number of cyclic esters (lactones) is 1. The van der Waals surface area contributed by atoms with Crippen LogP contribution in [0.2, 0.25) is 0 Å². The van der Waals surface area contributed by atoms with Crippen LogP contribution >= 0.6 is 0 Å². The number of benzene rings is 1. The standard InChI is InChI=1S/C18H12FN5O3/c19-16-10(8-20)2-1-3-12(16)11-4-6-14-21-18(23-24(14)9-11)22-17(26)13-5-7-15(25)27-13/h1-4,6,9,13H,5,7H2,(H,22,23,26)/t13-/m1/s1. The van der Waals surface area contributed by atoms with Crippen LogP contribution in [-0.2, 0) is 14.3 Å². The van der Waals surface area contributed by atoms with Gasteiger partial charge < -0.3 is 4.74 Å². The molecule has 8 nitrogen and oxygen atoms in total. The van der Waals surface area contributed by atoms with Gasteiger partial charge in [-0.1, -0.05) is 12.1 Å². The summed E-state index contributed by atoms with van der Waals surface area (Å²) >= 11 is 0. The zero-order valence-corrected chi connectivity index (χ0v) is 13.8. The van der Waals surface area contributed by atoms with Gasteiger partial charge in [0.25, 0.3) is 5.91 Å². The van der Waals surface area contributed by atoms with Gasteiger partial charge in [0.2, 0.25) is 5.95 Å². The van der Waals surface area contributed by atoms with Crippen molar-refractivity contribution in [2.24, 2.45) is 0 Å². The number of carbonyl (C=O) groups is 2. The number of carbonyl (C=O) groups excluding carboxylic acids is 2. The lowest BCUT2D eigenvalue weighted by molar-refractivity contribution is -0.146. The molecule has 9 heteroatoms. The molecule has 3 heterocycles. The third-order valence-corrected chi connectivity index (χ3v) is 4.17. The number of amides is 1. The van der Waals surface area contributed by atoms with Crippen LogP contribution in [0.4, 0.5) is 10.3 Å². The predicted molar refractivity (Wildman–Crippen MR) is 90.8 cm³/mol. The number of hydrogen-bond acceptors (Lipinski definition) is 6. The Kier molecular flexibility index (Phi) is 4.01. The number of anilines is 1. The number of rotatable bonds is 3. The number of ether oxygens (including phenoxy) is 1. The van der Waals surface area contributed by atoms with Crippen LogP contribution in [0.5, 0.6) is 0 Å². The fourth-order valence-corrected chi connectivity index (χ4v) is 2.84. The summed E-state index contributed by atoms with van der Waals surface area (Å²) in [5.41, 5.74) is 1.15. The molecule has 0 aliphatic carbocycles. The van der Waals surface area contributed by atoms with Crippen molar-refractivity contribution in [2.75, 3.05) is 5.32 Å². The van der Waals surface area contributed by atoms with E-state index in [0.717, 1.165) is 0 Å². The molecule has 1 fully saturated rings. The van der Waals surface area contributed by atoms with E-state index in [1.54, 1.807) is 36.5 Å². The van der Waals surface area contributed by atoms with E-state index in [2.05, 4.69) is 15.4 Å². The zero-order valence-electron chi connectivity index (χ0n) is 13.8. The second-order valence-corrected chi connectivity index (χ2v) is 5.94. The third-order valence-electron chi connectivity index (χ3n) is 4.17. The normalized spacial score (nSPS) is 16.1. The Morgan fingerprint density at radius 3 is 2.96 bits per heavy atom. The highest BCUT2D eigenvalue weighted by molar-refractivity contribution is 5.95. The summed E-state index contributed by atoms with van der Waals surface area (Å²) in [5, 5.41) is 15.6. The smallest absolute Gasteiger partial charge is 0.306 e. The fraction of sp³-hybridized carbons (Fsp3) is 0.167. The number of esters is 1. The number of nitrogens with one attached hydrogen (secondary N) is 1. The molecule has 134 valence electrons. The monoisotopic (exact) mass is 365 g/mol. The lowest BCUT2D eigenvalue weighted by Gasteiger charge is -2.06. The summed E-state index contributed by atoms with van der Waals surface area (Å²) in [6.07, 6.45) is 1.22. The molecule has 0 radical (unpaired) electrons. The summed E-state index contributed by atoms with van der Waals surface area (Å²) in [5.74, 6) is -1.48. The topological polar surface area (TPSA) is 109 Å². The molecule has 1 aromatic carbocycles. The van der Waals surface area contributed by atoms with Crippen LogP contribution in [0.25, 0.3) is 16.8 Å². The van der Waals surface area contributed by atoms with Crippen molar-refractivity contribution in [3.8, 4) is 17.2 Å². The number of halogens is 1. The van der Waals surface area contributed by atoms with E-state index >= 15 is 0 Å². The van der Waals surface area contributed by atoms with Gasteiger partial charge in [0, 0.05) is 30.2 Å². The van der Waals surface area contributed by atoms with Crippen LogP contribution in [0.3, 0.4) is 0 Å². The van der Waals surface area contributed by atoms with E-state index in [0.29, 0.717) is 17.6 Å². The molecule has 1 saturated heterocycles. The average Bonchev–Trinajstić information content (AvgIpc) is 3.26. The Hall–Kier alpha value is -3.80. The summed E-state index contributed by atoms with van der Waals surface area (Å²) in [4.78, 5) is 27.4. The summed E-state index contributed by atoms with van der Waals surface area (Å²) in [6, 6.07) is 9.62. The molecule has 0 spiro atoms. The molecule has 2 aromatic heterocycles. The first-order valence-electron chi connectivity index (χ1n) is 8.11. The van der Waals surface area contributed by atoms with Gasteiger partial charge in [-0.05, 0) is 18.2 Å². The first-order chi connectivity index (χ1) is 13.0. The maximum Gasteiger partial charge on any atom is 0.306 e. The van der Waals surface area contributed by atoms with Crippen LogP contribution in [-0.4, -0.2) is 32.6 Å². The van der Waals surface area contributed by atoms with Crippen LogP contribution < -0.4 is 5.32 Å². The number of fused-ring (bicyclic) bond motifs is 1. The van der Waals surface area contributed by atoms with E-state index in [-0.39, 0.29) is 23.5 Å². The maximum absolute atomic E-state index is 14.4. The lowest BCUT2D eigenvalue weighted by atomic mass is 10.0. The maximum atomic E-state index is 14.4. The van der Waals surface area contributed by atoms with Crippen molar-refractivity contribution in [1.29, 1.82) is 5.26 Å². The number of aromatic nitrogens is 3. The number of hydrogen-bond donors (Lipinski definition) is 1. The van der Waals surface area contributed by atoms with E-state index < -0.39 is 23.8 Å². The second kappa shape index (κ2) is 6.49. The molecule has 0 unspecified atom stereocenters. The SMILES string of the molecule is N#Cc1cccc(-c2ccc3nc(NC(=O)[C@H]4CCC(=O)O4)nn3c2)c1F. The Morgan fingerprint density at radius 1 is 1.37 bits per heavy atom. The molecule has 0 bridgehead atoms. The molecular weight excluding hydrogens is 353 g/mol. The third kappa shape index (κ3) is 3.08. The van der Waals surface area contributed by atoms with Gasteiger partial charge in [-0.2, -0.15) is 10.2 Å². The lowest BCUT2D eigenvalue weighted by Crippen LogP contribution is -2.27. The molecule has 4 rings (SSSR count). The van der Waals surface area contributed by atoms with E-state index in [4.69, 9.17) is 10.00 Å².